The van der Waals surface area contributed by atoms with Crippen LogP contribution in [0.2, 0.25) is 0 Å². The molecule has 1 aliphatic heterocycles. The fourth-order valence-electron chi connectivity index (χ4n) is 3.26. The molecule has 0 radical (unpaired) electrons. The minimum Gasteiger partial charge on any atom is -0.462 e. The third-order valence-corrected chi connectivity index (χ3v) is 5.74. The van der Waals surface area contributed by atoms with E-state index >= 15 is 0 Å². The second-order valence-electron chi connectivity index (χ2n) is 6.39. The number of fused-ring (bicyclic) bond motifs is 1. The number of rotatable bonds is 6. The highest BCUT2D eigenvalue weighted by molar-refractivity contribution is 7.16. The zero-order valence-corrected chi connectivity index (χ0v) is 16.2. The van der Waals surface area contributed by atoms with Crippen molar-refractivity contribution < 1.29 is 14.3 Å². The maximum atomic E-state index is 12.7. The van der Waals surface area contributed by atoms with Crippen molar-refractivity contribution in [2.75, 3.05) is 23.4 Å². The summed E-state index contributed by atoms with van der Waals surface area (Å²) in [5.41, 5.74) is 2.82. The van der Waals surface area contributed by atoms with Gasteiger partial charge in [0.1, 0.15) is 5.00 Å². The molecule has 1 aromatic carbocycles. The van der Waals surface area contributed by atoms with Crippen molar-refractivity contribution in [3.63, 3.8) is 0 Å². The van der Waals surface area contributed by atoms with Gasteiger partial charge in [-0.3, -0.25) is 4.79 Å². The van der Waals surface area contributed by atoms with Crippen LogP contribution in [-0.4, -0.2) is 31.1 Å². The van der Waals surface area contributed by atoms with Crippen LogP contribution in [-0.2, 0) is 22.4 Å². The summed E-state index contributed by atoms with van der Waals surface area (Å²) in [4.78, 5) is 28.0. The number of aryl methyl sites for hydroxylation is 1. The lowest BCUT2D eigenvalue weighted by Gasteiger charge is -2.24. The average Bonchev–Trinajstić information content (AvgIpc) is 3.16. The lowest BCUT2D eigenvalue weighted by Crippen LogP contribution is -2.37. The van der Waals surface area contributed by atoms with E-state index in [-0.39, 0.29) is 18.5 Å². The molecule has 0 fully saturated rings. The quantitative estimate of drug-likeness (QED) is 0.782. The number of ether oxygens (including phenoxy) is 1. The Bertz CT molecular complexity index is 815. The van der Waals surface area contributed by atoms with Crippen molar-refractivity contribution in [2.24, 2.45) is 0 Å². The summed E-state index contributed by atoms with van der Waals surface area (Å²) >= 11 is 1.44. The summed E-state index contributed by atoms with van der Waals surface area (Å²) in [6.45, 7) is 6.49. The van der Waals surface area contributed by atoms with Gasteiger partial charge < -0.3 is 15.0 Å². The Labute approximate surface area is 158 Å². The Morgan fingerprint density at radius 2 is 2.08 bits per heavy atom. The van der Waals surface area contributed by atoms with Crippen molar-refractivity contribution in [1.82, 2.24) is 0 Å². The minimum absolute atomic E-state index is 0.122. The maximum absolute atomic E-state index is 12.7. The van der Waals surface area contributed by atoms with Crippen LogP contribution in [0.3, 0.4) is 0 Å². The third-order valence-electron chi connectivity index (χ3n) is 4.54. The smallest absolute Gasteiger partial charge is 0.341 e. The lowest BCUT2D eigenvalue weighted by molar-refractivity contribution is -0.115. The highest BCUT2D eigenvalue weighted by Gasteiger charge is 2.27. The van der Waals surface area contributed by atoms with E-state index in [1.807, 2.05) is 25.1 Å². The molecule has 26 heavy (non-hydrogen) atoms. The molecule has 1 aromatic heterocycles. The zero-order valence-electron chi connectivity index (χ0n) is 15.4. The van der Waals surface area contributed by atoms with Crippen molar-refractivity contribution >= 4 is 33.9 Å². The summed E-state index contributed by atoms with van der Waals surface area (Å²) in [6.07, 6.45) is 1.75. The van der Waals surface area contributed by atoms with E-state index in [1.54, 1.807) is 6.92 Å². The van der Waals surface area contributed by atoms with Gasteiger partial charge in [0.15, 0.2) is 0 Å². The summed E-state index contributed by atoms with van der Waals surface area (Å²) in [5.74, 6) is -0.512. The summed E-state index contributed by atoms with van der Waals surface area (Å²) in [7, 11) is 0. The van der Waals surface area contributed by atoms with Crippen LogP contribution in [0.15, 0.2) is 30.3 Å². The van der Waals surface area contributed by atoms with Crippen LogP contribution in [0.5, 0.6) is 0 Å². The second-order valence-corrected chi connectivity index (χ2v) is 7.52. The monoisotopic (exact) mass is 372 g/mol. The van der Waals surface area contributed by atoms with Gasteiger partial charge in [-0.15, -0.1) is 11.3 Å². The van der Waals surface area contributed by atoms with E-state index in [1.165, 1.54) is 16.9 Å². The molecule has 0 bridgehead atoms. The Kier molecular flexibility index (Phi) is 5.61. The highest BCUT2D eigenvalue weighted by atomic mass is 32.1. The number of hydrogen-bond acceptors (Lipinski definition) is 5. The molecular weight excluding hydrogens is 348 g/mol. The maximum Gasteiger partial charge on any atom is 0.341 e. The molecular formula is C20H24N2O3S. The molecule has 0 aliphatic carbocycles. The molecule has 2 heterocycles. The number of esters is 1. The summed E-state index contributed by atoms with van der Waals surface area (Å²) in [5, 5.41) is 3.49. The summed E-state index contributed by atoms with van der Waals surface area (Å²) in [6, 6.07) is 10.3. The first kappa shape index (κ1) is 18.5. The third kappa shape index (κ3) is 3.75. The molecule has 2 aromatic rings. The van der Waals surface area contributed by atoms with Crippen molar-refractivity contribution in [3.8, 4) is 0 Å². The number of para-hydroxylation sites is 1. The number of benzene rings is 1. The fraction of sp³-hybridized carbons (Fsp3) is 0.400. The largest absolute Gasteiger partial charge is 0.462 e. The molecule has 138 valence electrons. The van der Waals surface area contributed by atoms with Gasteiger partial charge in [0.25, 0.3) is 0 Å². The number of nitrogens with zero attached hydrogens (tertiary/aromatic N) is 1. The first-order valence-corrected chi connectivity index (χ1v) is 9.79. The Balaban J connectivity index is 1.74. The highest BCUT2D eigenvalue weighted by Crippen LogP contribution is 2.32. The first-order chi connectivity index (χ1) is 12.5. The molecule has 5 nitrogen and oxygen atoms in total. The number of nitrogens with one attached hydrogen (secondary N) is 1. The molecule has 0 spiro atoms. The number of anilines is 2. The van der Waals surface area contributed by atoms with Crippen molar-refractivity contribution in [2.45, 2.75) is 39.7 Å². The number of carbonyl (C=O) groups excluding carboxylic acids is 2. The van der Waals surface area contributed by atoms with E-state index in [0.29, 0.717) is 17.2 Å². The Morgan fingerprint density at radius 3 is 2.81 bits per heavy atom. The standard InChI is InChI=1S/C20H24N2O3S/c1-4-15-11-16(20(24)25-5-2)19(26-15)21-18(23)12-22-13(3)10-14-8-6-7-9-17(14)22/h6-9,11,13H,4-5,10,12H2,1-3H3,(H,21,23). The molecule has 1 atom stereocenters. The van der Waals surface area contributed by atoms with Gasteiger partial charge in [-0.2, -0.15) is 0 Å². The lowest BCUT2D eigenvalue weighted by atomic mass is 10.1. The molecule has 0 saturated carbocycles. The minimum atomic E-state index is -0.390. The Hall–Kier alpha value is -2.34. The second kappa shape index (κ2) is 7.91. The number of amides is 1. The van der Waals surface area contributed by atoms with Crippen molar-refractivity contribution in [3.05, 3.63) is 46.3 Å². The van der Waals surface area contributed by atoms with Crippen LogP contribution in [0, 0.1) is 0 Å². The average molecular weight is 372 g/mol. The molecule has 0 saturated heterocycles. The molecule has 1 unspecified atom stereocenters. The molecule has 1 amide bonds. The number of carbonyl (C=O) groups is 2. The van der Waals surface area contributed by atoms with E-state index in [2.05, 4.69) is 29.3 Å². The number of thiophene rings is 1. The van der Waals surface area contributed by atoms with Gasteiger partial charge in [-0.1, -0.05) is 25.1 Å². The van der Waals surface area contributed by atoms with Crippen LogP contribution >= 0.6 is 11.3 Å². The predicted octanol–water partition coefficient (Wildman–Crippen LogP) is 3.88. The SMILES string of the molecule is CCOC(=O)c1cc(CC)sc1NC(=O)CN1c2ccccc2CC1C. The predicted molar refractivity (Wildman–Crippen MR) is 105 cm³/mol. The van der Waals surface area contributed by atoms with Crippen LogP contribution in [0.1, 0.15) is 41.6 Å². The van der Waals surface area contributed by atoms with Gasteiger partial charge in [-0.05, 0) is 44.4 Å². The van der Waals surface area contributed by atoms with E-state index in [0.717, 1.165) is 23.4 Å². The number of hydrogen-bond donors (Lipinski definition) is 1. The van der Waals surface area contributed by atoms with E-state index in [9.17, 15) is 9.59 Å². The first-order valence-electron chi connectivity index (χ1n) is 8.97. The molecule has 1 aliphatic rings. The normalized spacial score (nSPS) is 15.7. The van der Waals surface area contributed by atoms with Crippen LogP contribution in [0.25, 0.3) is 0 Å². The van der Waals surface area contributed by atoms with Crippen molar-refractivity contribution in [1.29, 1.82) is 0 Å². The Morgan fingerprint density at radius 1 is 1.31 bits per heavy atom. The van der Waals surface area contributed by atoms with Crippen LogP contribution < -0.4 is 10.2 Å². The van der Waals surface area contributed by atoms with Gasteiger partial charge in [0.05, 0.1) is 18.7 Å². The van der Waals surface area contributed by atoms with Gasteiger partial charge >= 0.3 is 5.97 Å². The van der Waals surface area contributed by atoms with Gasteiger partial charge in [0, 0.05) is 16.6 Å². The summed E-state index contributed by atoms with van der Waals surface area (Å²) < 4.78 is 5.11. The topological polar surface area (TPSA) is 58.6 Å². The molecule has 6 heteroatoms. The van der Waals surface area contributed by atoms with Gasteiger partial charge in [-0.25, -0.2) is 4.79 Å². The molecule has 3 rings (SSSR count). The molecule has 1 N–H and O–H groups in total. The zero-order chi connectivity index (χ0) is 18.7. The fourth-order valence-corrected chi connectivity index (χ4v) is 4.26. The van der Waals surface area contributed by atoms with Gasteiger partial charge in [0.2, 0.25) is 5.91 Å². The van der Waals surface area contributed by atoms with E-state index < -0.39 is 5.97 Å². The van der Waals surface area contributed by atoms with Crippen LogP contribution in [0.4, 0.5) is 10.7 Å². The van der Waals surface area contributed by atoms with E-state index in [4.69, 9.17) is 4.74 Å².